The molecule has 0 aliphatic heterocycles. The molecular formula is C21H17NO5. The zero-order chi connectivity index (χ0) is 19.2. The van der Waals surface area contributed by atoms with E-state index in [-0.39, 0.29) is 17.9 Å². The van der Waals surface area contributed by atoms with Crippen molar-refractivity contribution in [1.29, 1.82) is 0 Å². The summed E-state index contributed by atoms with van der Waals surface area (Å²) in [5.41, 5.74) is 2.73. The van der Waals surface area contributed by atoms with Crippen LogP contribution in [0.5, 0.6) is 5.75 Å². The summed E-state index contributed by atoms with van der Waals surface area (Å²) in [5.74, 6) is -1.49. The number of hydrogen-bond acceptors (Lipinski definition) is 4. The van der Waals surface area contributed by atoms with Crippen LogP contribution in [0.3, 0.4) is 0 Å². The molecule has 0 aliphatic carbocycles. The molecule has 0 saturated carbocycles. The molecule has 0 aromatic heterocycles. The van der Waals surface area contributed by atoms with Crippen molar-refractivity contribution in [1.82, 2.24) is 0 Å². The molecule has 0 bridgehead atoms. The minimum absolute atomic E-state index is 0.154. The Hall–Kier alpha value is -3.80. The molecule has 6 heteroatoms. The molecule has 3 aromatic carbocycles. The van der Waals surface area contributed by atoms with Crippen LogP contribution in [0.4, 0.5) is 10.5 Å². The van der Waals surface area contributed by atoms with Crippen LogP contribution in [-0.2, 0) is 11.3 Å². The number of carbonyl (C=O) groups excluding carboxylic acids is 1. The summed E-state index contributed by atoms with van der Waals surface area (Å²) in [6.45, 7) is 0.181. The number of rotatable bonds is 5. The first-order valence-electron chi connectivity index (χ1n) is 8.17. The van der Waals surface area contributed by atoms with Crippen molar-refractivity contribution in [3.05, 3.63) is 83.9 Å². The van der Waals surface area contributed by atoms with E-state index in [1.165, 1.54) is 12.1 Å². The summed E-state index contributed by atoms with van der Waals surface area (Å²) in [5, 5.41) is 21.4. The van der Waals surface area contributed by atoms with Gasteiger partial charge in [0.25, 0.3) is 0 Å². The normalized spacial score (nSPS) is 10.2. The number of carboxylic acid groups (broad SMARTS) is 1. The average Bonchev–Trinajstić information content (AvgIpc) is 2.67. The Labute approximate surface area is 155 Å². The molecule has 0 radical (unpaired) electrons. The van der Waals surface area contributed by atoms with Gasteiger partial charge in [-0.1, -0.05) is 48.5 Å². The second-order valence-electron chi connectivity index (χ2n) is 5.80. The summed E-state index contributed by atoms with van der Waals surface area (Å²) in [4.78, 5) is 22.8. The van der Waals surface area contributed by atoms with Crippen LogP contribution in [0.15, 0.2) is 72.8 Å². The predicted molar refractivity (Wildman–Crippen MR) is 101 cm³/mol. The fraction of sp³-hybridized carbons (Fsp3) is 0.0476. The van der Waals surface area contributed by atoms with Gasteiger partial charge in [0.2, 0.25) is 0 Å². The quantitative estimate of drug-likeness (QED) is 0.620. The molecule has 6 nitrogen and oxygen atoms in total. The smallest absolute Gasteiger partial charge is 0.411 e. The maximum absolute atomic E-state index is 11.9. The van der Waals surface area contributed by atoms with Crippen molar-refractivity contribution in [3.8, 4) is 16.9 Å². The van der Waals surface area contributed by atoms with Gasteiger partial charge >= 0.3 is 12.1 Å². The van der Waals surface area contributed by atoms with Gasteiger partial charge in [0, 0.05) is 5.69 Å². The van der Waals surface area contributed by atoms with Crippen LogP contribution < -0.4 is 5.32 Å². The van der Waals surface area contributed by atoms with Crippen LogP contribution >= 0.6 is 0 Å². The van der Waals surface area contributed by atoms with Gasteiger partial charge in [0.05, 0.1) is 0 Å². The molecule has 3 rings (SSSR count). The largest absolute Gasteiger partial charge is 0.507 e. The molecule has 3 aromatic rings. The van der Waals surface area contributed by atoms with E-state index < -0.39 is 12.1 Å². The van der Waals surface area contributed by atoms with E-state index in [1.807, 2.05) is 30.3 Å². The molecule has 0 unspecified atom stereocenters. The van der Waals surface area contributed by atoms with Gasteiger partial charge in [-0.15, -0.1) is 0 Å². The number of carboxylic acids is 1. The van der Waals surface area contributed by atoms with E-state index >= 15 is 0 Å². The number of carbonyl (C=O) groups is 2. The fourth-order valence-electron chi connectivity index (χ4n) is 2.52. The lowest BCUT2D eigenvalue weighted by Gasteiger charge is -2.09. The highest BCUT2D eigenvalue weighted by molar-refractivity contribution is 5.92. The van der Waals surface area contributed by atoms with E-state index in [1.54, 1.807) is 30.3 Å². The predicted octanol–water partition coefficient (Wildman–Crippen LogP) is 4.51. The lowest BCUT2D eigenvalue weighted by atomic mass is 10.0. The second kappa shape index (κ2) is 8.05. The average molecular weight is 363 g/mol. The molecule has 0 aliphatic rings. The number of ether oxygens (including phenoxy) is 1. The molecule has 0 spiro atoms. The third-order valence-electron chi connectivity index (χ3n) is 3.91. The highest BCUT2D eigenvalue weighted by Gasteiger charge is 2.11. The highest BCUT2D eigenvalue weighted by Crippen LogP contribution is 2.27. The number of phenols is 1. The minimum Gasteiger partial charge on any atom is -0.507 e. The number of hydrogen-bond donors (Lipinski definition) is 3. The van der Waals surface area contributed by atoms with Crippen molar-refractivity contribution in [2.24, 2.45) is 0 Å². The van der Waals surface area contributed by atoms with Crippen LogP contribution in [0, 0.1) is 0 Å². The lowest BCUT2D eigenvalue weighted by Crippen LogP contribution is -2.13. The standard InChI is InChI=1S/C21H17NO5/c23-19-12-16(8-11-18(19)20(24)25)15-6-9-17(10-7-15)22-21(26)27-13-14-4-2-1-3-5-14/h1-12,23H,13H2,(H,22,26)(H,24,25). The van der Waals surface area contributed by atoms with E-state index in [2.05, 4.69) is 5.32 Å². The van der Waals surface area contributed by atoms with Gasteiger partial charge in [-0.05, 0) is 41.0 Å². The molecule has 0 saturated heterocycles. The number of nitrogens with one attached hydrogen (secondary N) is 1. The minimum atomic E-state index is -1.19. The first-order chi connectivity index (χ1) is 13.0. The summed E-state index contributed by atoms with van der Waals surface area (Å²) in [6, 6.07) is 20.6. The lowest BCUT2D eigenvalue weighted by molar-refractivity contribution is 0.0693. The monoisotopic (exact) mass is 363 g/mol. The number of amides is 1. The number of aromatic carboxylic acids is 1. The van der Waals surface area contributed by atoms with Gasteiger partial charge in [-0.25, -0.2) is 9.59 Å². The Morgan fingerprint density at radius 1 is 0.889 bits per heavy atom. The SMILES string of the molecule is O=C(Nc1ccc(-c2ccc(C(=O)O)c(O)c2)cc1)OCc1ccccc1. The first kappa shape index (κ1) is 18.0. The van der Waals surface area contributed by atoms with Crippen LogP contribution in [0.2, 0.25) is 0 Å². The highest BCUT2D eigenvalue weighted by atomic mass is 16.5. The van der Waals surface area contributed by atoms with Crippen LogP contribution in [-0.4, -0.2) is 22.3 Å². The van der Waals surface area contributed by atoms with Gasteiger partial charge in [-0.3, -0.25) is 5.32 Å². The Kier molecular flexibility index (Phi) is 5.37. The topological polar surface area (TPSA) is 95.9 Å². The van der Waals surface area contributed by atoms with Gasteiger partial charge < -0.3 is 14.9 Å². The van der Waals surface area contributed by atoms with Crippen molar-refractivity contribution in [2.45, 2.75) is 6.61 Å². The van der Waals surface area contributed by atoms with Crippen molar-refractivity contribution < 1.29 is 24.5 Å². The summed E-state index contributed by atoms with van der Waals surface area (Å²) < 4.78 is 5.16. The van der Waals surface area contributed by atoms with E-state index in [0.29, 0.717) is 11.3 Å². The zero-order valence-corrected chi connectivity index (χ0v) is 14.3. The summed E-state index contributed by atoms with van der Waals surface area (Å²) >= 11 is 0. The van der Waals surface area contributed by atoms with E-state index in [4.69, 9.17) is 9.84 Å². The maximum atomic E-state index is 11.9. The molecule has 0 atom stereocenters. The number of anilines is 1. The fourth-order valence-corrected chi connectivity index (χ4v) is 2.52. The number of benzene rings is 3. The maximum Gasteiger partial charge on any atom is 0.411 e. The molecule has 1 amide bonds. The van der Waals surface area contributed by atoms with Crippen molar-refractivity contribution >= 4 is 17.7 Å². The first-order valence-corrected chi connectivity index (χ1v) is 8.17. The van der Waals surface area contributed by atoms with Gasteiger partial charge in [-0.2, -0.15) is 0 Å². The van der Waals surface area contributed by atoms with E-state index in [0.717, 1.165) is 11.1 Å². The Morgan fingerprint density at radius 3 is 2.19 bits per heavy atom. The summed E-state index contributed by atoms with van der Waals surface area (Å²) in [6.07, 6.45) is -0.560. The molecule has 136 valence electrons. The van der Waals surface area contributed by atoms with Crippen LogP contribution in [0.25, 0.3) is 11.1 Å². The Bertz CT molecular complexity index is 952. The molecule has 0 heterocycles. The van der Waals surface area contributed by atoms with Crippen molar-refractivity contribution in [3.63, 3.8) is 0 Å². The number of aromatic hydroxyl groups is 1. The third-order valence-corrected chi connectivity index (χ3v) is 3.91. The molecular weight excluding hydrogens is 346 g/mol. The summed E-state index contributed by atoms with van der Waals surface area (Å²) in [7, 11) is 0. The third kappa shape index (κ3) is 4.64. The second-order valence-corrected chi connectivity index (χ2v) is 5.80. The van der Waals surface area contributed by atoms with Crippen LogP contribution in [0.1, 0.15) is 15.9 Å². The van der Waals surface area contributed by atoms with Gasteiger partial charge in [0.15, 0.2) is 0 Å². The zero-order valence-electron chi connectivity index (χ0n) is 14.3. The van der Waals surface area contributed by atoms with E-state index in [9.17, 15) is 14.7 Å². The Balaban J connectivity index is 1.62. The van der Waals surface area contributed by atoms with Gasteiger partial charge in [0.1, 0.15) is 17.9 Å². The molecule has 0 fully saturated rings. The van der Waals surface area contributed by atoms with Crippen molar-refractivity contribution in [2.75, 3.05) is 5.32 Å². The molecule has 3 N–H and O–H groups in total. The molecule has 27 heavy (non-hydrogen) atoms. The Morgan fingerprint density at radius 2 is 1.56 bits per heavy atom.